The summed E-state index contributed by atoms with van der Waals surface area (Å²) in [5, 5.41) is 0.753. The van der Waals surface area contributed by atoms with Crippen molar-refractivity contribution in [1.82, 2.24) is 9.80 Å². The average Bonchev–Trinajstić information content (AvgIpc) is 2.93. The highest BCUT2D eigenvalue weighted by Gasteiger charge is 2.35. The van der Waals surface area contributed by atoms with E-state index < -0.39 is 0 Å². The Morgan fingerprint density at radius 1 is 0.889 bits per heavy atom. The molecule has 27 heavy (non-hydrogen) atoms. The average molecular weight is 384 g/mol. The molecule has 5 nitrogen and oxygen atoms in total. The lowest BCUT2D eigenvalue weighted by Crippen LogP contribution is -2.49. The molecule has 2 aromatic carbocycles. The summed E-state index contributed by atoms with van der Waals surface area (Å²) in [6, 6.07) is 13.0. The number of carbonyl (C=O) groups is 2. The summed E-state index contributed by atoms with van der Waals surface area (Å²) in [7, 11) is 0. The molecule has 140 valence electrons. The van der Waals surface area contributed by atoms with Crippen LogP contribution in [0.2, 0.25) is 5.02 Å². The number of hydrogen-bond donors (Lipinski definition) is 0. The predicted molar refractivity (Wildman–Crippen MR) is 107 cm³/mol. The van der Waals surface area contributed by atoms with Gasteiger partial charge in [-0.05, 0) is 36.8 Å². The van der Waals surface area contributed by atoms with Crippen LogP contribution in [0.15, 0.2) is 42.5 Å². The Bertz CT molecular complexity index is 856. The maximum Gasteiger partial charge on any atom is 0.261 e. The van der Waals surface area contributed by atoms with Crippen molar-refractivity contribution in [2.24, 2.45) is 0 Å². The maximum atomic E-state index is 12.5. The SMILES string of the molecule is Cc1ccc(Cl)cc1N1CCN(CCN2C(=O)c3ccccc3C2=O)CC1. The number of anilines is 1. The molecule has 0 aliphatic carbocycles. The van der Waals surface area contributed by atoms with Gasteiger partial charge in [0.15, 0.2) is 0 Å². The Kier molecular flexibility index (Phi) is 4.89. The van der Waals surface area contributed by atoms with Crippen LogP contribution in [0, 0.1) is 6.92 Å². The van der Waals surface area contributed by atoms with Crippen molar-refractivity contribution in [2.75, 3.05) is 44.2 Å². The second-order valence-electron chi connectivity index (χ2n) is 7.07. The molecule has 0 spiro atoms. The van der Waals surface area contributed by atoms with E-state index >= 15 is 0 Å². The fraction of sp³-hybridized carbons (Fsp3) is 0.333. The molecule has 6 heteroatoms. The quantitative estimate of drug-likeness (QED) is 0.761. The first-order valence-corrected chi connectivity index (χ1v) is 9.61. The third-order valence-electron chi connectivity index (χ3n) is 5.40. The van der Waals surface area contributed by atoms with Crippen LogP contribution in [0.25, 0.3) is 0 Å². The second-order valence-corrected chi connectivity index (χ2v) is 7.50. The molecular formula is C21H22ClN3O2. The van der Waals surface area contributed by atoms with Crippen molar-refractivity contribution in [2.45, 2.75) is 6.92 Å². The summed E-state index contributed by atoms with van der Waals surface area (Å²) in [5.74, 6) is -0.354. The molecule has 4 rings (SSSR count). The summed E-state index contributed by atoms with van der Waals surface area (Å²) in [6.45, 7) is 6.84. The van der Waals surface area contributed by atoms with E-state index in [0.717, 1.165) is 31.2 Å². The van der Waals surface area contributed by atoms with Crippen LogP contribution in [0.1, 0.15) is 26.3 Å². The maximum absolute atomic E-state index is 12.5. The first-order valence-electron chi connectivity index (χ1n) is 9.23. The number of piperazine rings is 1. The first kappa shape index (κ1) is 18.0. The Labute approximate surface area is 164 Å². The van der Waals surface area contributed by atoms with Crippen LogP contribution < -0.4 is 4.90 Å². The van der Waals surface area contributed by atoms with Gasteiger partial charge in [-0.3, -0.25) is 19.4 Å². The predicted octanol–water partition coefficient (Wildman–Crippen LogP) is 3.07. The van der Waals surface area contributed by atoms with Gasteiger partial charge in [0.25, 0.3) is 11.8 Å². The van der Waals surface area contributed by atoms with Crippen LogP contribution in [0.4, 0.5) is 5.69 Å². The number of imide groups is 1. The van der Waals surface area contributed by atoms with Gasteiger partial charge in [0, 0.05) is 50.0 Å². The van der Waals surface area contributed by atoms with E-state index in [1.165, 1.54) is 16.2 Å². The molecule has 0 aromatic heterocycles. The molecule has 0 N–H and O–H groups in total. The lowest BCUT2D eigenvalue weighted by atomic mass is 10.1. The van der Waals surface area contributed by atoms with Crippen molar-refractivity contribution in [3.63, 3.8) is 0 Å². The zero-order valence-corrected chi connectivity index (χ0v) is 16.1. The number of aryl methyl sites for hydroxylation is 1. The molecular weight excluding hydrogens is 362 g/mol. The Morgan fingerprint density at radius 2 is 1.52 bits per heavy atom. The highest BCUT2D eigenvalue weighted by molar-refractivity contribution is 6.30. The van der Waals surface area contributed by atoms with Crippen molar-refractivity contribution < 1.29 is 9.59 Å². The van der Waals surface area contributed by atoms with Gasteiger partial charge in [-0.2, -0.15) is 0 Å². The molecule has 0 unspecified atom stereocenters. The highest BCUT2D eigenvalue weighted by Crippen LogP contribution is 2.26. The summed E-state index contributed by atoms with van der Waals surface area (Å²) in [4.78, 5) is 30.9. The first-order chi connectivity index (χ1) is 13.0. The minimum absolute atomic E-state index is 0.177. The van der Waals surface area contributed by atoms with E-state index in [2.05, 4.69) is 16.7 Å². The van der Waals surface area contributed by atoms with E-state index in [9.17, 15) is 9.59 Å². The Balaban J connectivity index is 1.34. The van der Waals surface area contributed by atoms with Gasteiger partial charge in [-0.1, -0.05) is 29.8 Å². The van der Waals surface area contributed by atoms with E-state index in [0.29, 0.717) is 24.2 Å². The van der Waals surface area contributed by atoms with Gasteiger partial charge in [0.2, 0.25) is 0 Å². The molecule has 0 bridgehead atoms. The van der Waals surface area contributed by atoms with Gasteiger partial charge in [0.1, 0.15) is 0 Å². The molecule has 2 heterocycles. The van der Waals surface area contributed by atoms with Crippen molar-refractivity contribution in [1.29, 1.82) is 0 Å². The van der Waals surface area contributed by atoms with Gasteiger partial charge in [0.05, 0.1) is 11.1 Å². The lowest BCUT2D eigenvalue weighted by Gasteiger charge is -2.37. The number of nitrogens with zero attached hydrogens (tertiary/aromatic N) is 3. The topological polar surface area (TPSA) is 43.9 Å². The van der Waals surface area contributed by atoms with Crippen molar-refractivity contribution in [3.8, 4) is 0 Å². The van der Waals surface area contributed by atoms with E-state index in [4.69, 9.17) is 11.6 Å². The summed E-state index contributed by atoms with van der Waals surface area (Å²) < 4.78 is 0. The molecule has 2 aliphatic heterocycles. The van der Waals surface area contributed by atoms with Gasteiger partial charge >= 0.3 is 0 Å². The van der Waals surface area contributed by atoms with Crippen molar-refractivity contribution in [3.05, 3.63) is 64.2 Å². The van der Waals surface area contributed by atoms with Crippen LogP contribution in [0.3, 0.4) is 0 Å². The van der Waals surface area contributed by atoms with Crippen molar-refractivity contribution >= 4 is 29.1 Å². The fourth-order valence-corrected chi connectivity index (χ4v) is 3.99. The van der Waals surface area contributed by atoms with Crippen LogP contribution in [-0.2, 0) is 0 Å². The Hall–Kier alpha value is -2.37. The third kappa shape index (κ3) is 3.45. The van der Waals surface area contributed by atoms with Gasteiger partial charge in [-0.15, -0.1) is 0 Å². The minimum Gasteiger partial charge on any atom is -0.369 e. The number of rotatable bonds is 4. The number of halogens is 1. The van der Waals surface area contributed by atoms with Gasteiger partial charge in [-0.25, -0.2) is 0 Å². The zero-order valence-electron chi connectivity index (χ0n) is 15.3. The molecule has 0 atom stereocenters. The van der Waals surface area contributed by atoms with Gasteiger partial charge < -0.3 is 4.90 Å². The van der Waals surface area contributed by atoms with E-state index in [1.54, 1.807) is 24.3 Å². The van der Waals surface area contributed by atoms with Crippen LogP contribution in [-0.4, -0.2) is 60.9 Å². The number of amides is 2. The molecule has 2 aromatic rings. The number of benzene rings is 2. The largest absolute Gasteiger partial charge is 0.369 e. The zero-order chi connectivity index (χ0) is 19.0. The minimum atomic E-state index is -0.177. The molecule has 2 amide bonds. The molecule has 0 radical (unpaired) electrons. The van der Waals surface area contributed by atoms with E-state index in [1.807, 2.05) is 18.2 Å². The molecule has 1 fully saturated rings. The lowest BCUT2D eigenvalue weighted by molar-refractivity contribution is 0.0635. The molecule has 0 saturated carbocycles. The summed E-state index contributed by atoms with van der Waals surface area (Å²) in [5.41, 5.74) is 3.44. The number of carbonyl (C=O) groups excluding carboxylic acids is 2. The summed E-state index contributed by atoms with van der Waals surface area (Å²) in [6.07, 6.45) is 0. The number of hydrogen-bond acceptors (Lipinski definition) is 4. The molecule has 1 saturated heterocycles. The summed E-state index contributed by atoms with van der Waals surface area (Å²) >= 11 is 6.15. The second kappa shape index (κ2) is 7.33. The van der Waals surface area contributed by atoms with Crippen LogP contribution >= 0.6 is 11.6 Å². The standard InChI is InChI=1S/C21H22ClN3O2/c1-15-6-7-16(22)14-19(15)24-11-8-23(9-12-24)10-13-25-20(26)17-4-2-3-5-18(17)21(25)27/h2-7,14H,8-13H2,1H3. The van der Waals surface area contributed by atoms with E-state index in [-0.39, 0.29) is 11.8 Å². The third-order valence-corrected chi connectivity index (χ3v) is 5.64. The Morgan fingerprint density at radius 3 is 2.15 bits per heavy atom. The normalized spacial score (nSPS) is 17.6. The highest BCUT2D eigenvalue weighted by atomic mass is 35.5. The molecule has 2 aliphatic rings. The smallest absolute Gasteiger partial charge is 0.261 e. The number of fused-ring (bicyclic) bond motifs is 1. The monoisotopic (exact) mass is 383 g/mol. The van der Waals surface area contributed by atoms with Crippen LogP contribution in [0.5, 0.6) is 0 Å². The fourth-order valence-electron chi connectivity index (χ4n) is 3.82.